The number of aryl methyl sites for hydroxylation is 2. The number of carbonyl (C=O) groups excluding carboxylic acids is 1. The fourth-order valence-electron chi connectivity index (χ4n) is 2.45. The van der Waals surface area contributed by atoms with Crippen molar-refractivity contribution in [2.24, 2.45) is 0 Å². The number of hydrogen-bond donors (Lipinski definition) is 1. The highest BCUT2D eigenvalue weighted by molar-refractivity contribution is 5.90. The predicted octanol–water partition coefficient (Wildman–Crippen LogP) is 4.29. The number of anilines is 1. The van der Waals surface area contributed by atoms with Crippen LogP contribution >= 0.6 is 0 Å². The van der Waals surface area contributed by atoms with E-state index >= 15 is 0 Å². The van der Waals surface area contributed by atoms with Crippen LogP contribution in [0, 0.1) is 13.8 Å². The van der Waals surface area contributed by atoms with E-state index in [1.807, 2.05) is 50.2 Å². The summed E-state index contributed by atoms with van der Waals surface area (Å²) >= 11 is 0. The molecule has 0 unspecified atom stereocenters. The normalized spacial score (nSPS) is 10.3. The lowest BCUT2D eigenvalue weighted by Crippen LogP contribution is -2.15. The van der Waals surface area contributed by atoms with E-state index in [1.54, 1.807) is 24.3 Å². The van der Waals surface area contributed by atoms with Gasteiger partial charge in [-0.25, -0.2) is 9.97 Å². The number of benzene rings is 2. The molecule has 0 fully saturated rings. The molecule has 27 heavy (non-hydrogen) atoms. The second kappa shape index (κ2) is 8.80. The summed E-state index contributed by atoms with van der Waals surface area (Å²) in [6.07, 6.45) is 0.267. The van der Waals surface area contributed by atoms with Crippen molar-refractivity contribution in [1.82, 2.24) is 9.97 Å². The zero-order valence-corrected chi connectivity index (χ0v) is 15.3. The van der Waals surface area contributed by atoms with Crippen LogP contribution in [0.1, 0.15) is 17.8 Å². The Morgan fingerprint density at radius 3 is 2.26 bits per heavy atom. The number of carbonyl (C=O) groups is 1. The zero-order chi connectivity index (χ0) is 19.1. The Morgan fingerprint density at radius 2 is 1.59 bits per heavy atom. The average molecular weight is 363 g/mol. The summed E-state index contributed by atoms with van der Waals surface area (Å²) in [4.78, 5) is 20.5. The molecule has 138 valence electrons. The standard InChI is InChI=1S/C21H21N3O3/c1-15-14-16(2)23-21(22-15)27-19-10-8-17(9-11-19)24-20(25)12-13-26-18-6-4-3-5-7-18/h3-11,14H,12-13H2,1-2H3,(H,24,25). The fourth-order valence-corrected chi connectivity index (χ4v) is 2.45. The number of rotatable bonds is 7. The molecule has 0 saturated carbocycles. The third-order valence-electron chi connectivity index (χ3n) is 3.65. The van der Waals surface area contributed by atoms with Crippen molar-refractivity contribution in [3.8, 4) is 17.5 Å². The first kappa shape index (κ1) is 18.4. The fraction of sp³-hybridized carbons (Fsp3) is 0.190. The maximum absolute atomic E-state index is 12.0. The van der Waals surface area contributed by atoms with Gasteiger partial charge in [-0.15, -0.1) is 0 Å². The third-order valence-corrected chi connectivity index (χ3v) is 3.65. The molecule has 1 heterocycles. The van der Waals surface area contributed by atoms with Gasteiger partial charge in [-0.1, -0.05) is 18.2 Å². The van der Waals surface area contributed by atoms with Gasteiger partial charge in [-0.3, -0.25) is 4.79 Å². The number of para-hydroxylation sites is 1. The average Bonchev–Trinajstić information content (AvgIpc) is 2.63. The first-order valence-corrected chi connectivity index (χ1v) is 8.66. The van der Waals surface area contributed by atoms with Crippen LogP contribution in [-0.2, 0) is 4.79 Å². The molecule has 1 amide bonds. The lowest BCUT2D eigenvalue weighted by atomic mass is 10.3. The third kappa shape index (κ3) is 5.81. The summed E-state index contributed by atoms with van der Waals surface area (Å²) in [6.45, 7) is 4.10. The number of nitrogens with zero attached hydrogens (tertiary/aromatic N) is 2. The van der Waals surface area contributed by atoms with Gasteiger partial charge >= 0.3 is 6.01 Å². The van der Waals surface area contributed by atoms with Crippen molar-refractivity contribution in [3.05, 3.63) is 72.1 Å². The lowest BCUT2D eigenvalue weighted by molar-refractivity contribution is -0.116. The lowest BCUT2D eigenvalue weighted by Gasteiger charge is -2.09. The van der Waals surface area contributed by atoms with Crippen LogP contribution in [0.2, 0.25) is 0 Å². The van der Waals surface area contributed by atoms with Crippen LogP contribution in [0.25, 0.3) is 0 Å². The zero-order valence-electron chi connectivity index (χ0n) is 15.3. The van der Waals surface area contributed by atoms with Gasteiger partial charge < -0.3 is 14.8 Å². The predicted molar refractivity (Wildman–Crippen MR) is 103 cm³/mol. The van der Waals surface area contributed by atoms with Gasteiger partial charge in [-0.05, 0) is 56.3 Å². The Hall–Kier alpha value is -3.41. The van der Waals surface area contributed by atoms with Crippen LogP contribution in [-0.4, -0.2) is 22.5 Å². The molecule has 0 saturated heterocycles. The Kier molecular flexibility index (Phi) is 5.99. The van der Waals surface area contributed by atoms with Crippen LogP contribution < -0.4 is 14.8 Å². The number of ether oxygens (including phenoxy) is 2. The maximum atomic E-state index is 12.0. The minimum absolute atomic E-state index is 0.114. The summed E-state index contributed by atoms with van der Waals surface area (Å²) < 4.78 is 11.2. The Labute approximate surface area is 158 Å². The first-order chi connectivity index (χ1) is 13.1. The smallest absolute Gasteiger partial charge is 0.322 e. The molecular formula is C21H21N3O3. The Balaban J connectivity index is 1.49. The molecular weight excluding hydrogens is 342 g/mol. The number of aromatic nitrogens is 2. The van der Waals surface area contributed by atoms with Crippen LogP contribution in [0.3, 0.4) is 0 Å². The van der Waals surface area contributed by atoms with Crippen molar-refractivity contribution in [3.63, 3.8) is 0 Å². The van der Waals surface area contributed by atoms with Gasteiger partial charge in [0.25, 0.3) is 0 Å². The van der Waals surface area contributed by atoms with Crippen molar-refractivity contribution in [2.45, 2.75) is 20.3 Å². The van der Waals surface area contributed by atoms with Gasteiger partial charge in [0.1, 0.15) is 11.5 Å². The van der Waals surface area contributed by atoms with Gasteiger partial charge in [-0.2, -0.15) is 0 Å². The molecule has 0 aliphatic carbocycles. The van der Waals surface area contributed by atoms with Crippen molar-refractivity contribution in [2.75, 3.05) is 11.9 Å². The molecule has 0 aliphatic rings. The minimum Gasteiger partial charge on any atom is -0.493 e. The monoisotopic (exact) mass is 363 g/mol. The van der Waals surface area contributed by atoms with E-state index in [4.69, 9.17) is 9.47 Å². The van der Waals surface area contributed by atoms with Gasteiger partial charge in [0.05, 0.1) is 13.0 Å². The van der Waals surface area contributed by atoms with Crippen LogP contribution in [0.4, 0.5) is 5.69 Å². The maximum Gasteiger partial charge on any atom is 0.322 e. The molecule has 0 aliphatic heterocycles. The highest BCUT2D eigenvalue weighted by Crippen LogP contribution is 2.21. The van der Waals surface area contributed by atoms with E-state index in [1.165, 1.54) is 0 Å². The summed E-state index contributed by atoms with van der Waals surface area (Å²) in [5, 5.41) is 2.83. The van der Waals surface area contributed by atoms with Gasteiger partial charge in [0, 0.05) is 17.1 Å². The van der Waals surface area contributed by atoms with Crippen molar-refractivity contribution < 1.29 is 14.3 Å². The van der Waals surface area contributed by atoms with Crippen molar-refractivity contribution in [1.29, 1.82) is 0 Å². The molecule has 3 aromatic rings. The molecule has 6 nitrogen and oxygen atoms in total. The summed E-state index contributed by atoms with van der Waals surface area (Å²) in [6, 6.07) is 18.7. The summed E-state index contributed by atoms with van der Waals surface area (Å²) in [5.74, 6) is 1.24. The molecule has 0 bridgehead atoms. The largest absolute Gasteiger partial charge is 0.493 e. The van der Waals surface area contributed by atoms with E-state index in [2.05, 4.69) is 15.3 Å². The van der Waals surface area contributed by atoms with E-state index in [-0.39, 0.29) is 12.3 Å². The molecule has 1 aromatic heterocycles. The molecule has 0 atom stereocenters. The molecule has 0 radical (unpaired) electrons. The van der Waals surface area contributed by atoms with Crippen LogP contribution in [0.15, 0.2) is 60.7 Å². The SMILES string of the molecule is Cc1cc(C)nc(Oc2ccc(NC(=O)CCOc3ccccc3)cc2)n1. The van der Waals surface area contributed by atoms with Crippen molar-refractivity contribution >= 4 is 11.6 Å². The quantitative estimate of drug-likeness (QED) is 0.678. The number of nitrogens with one attached hydrogen (secondary N) is 1. The highest BCUT2D eigenvalue weighted by atomic mass is 16.5. The topological polar surface area (TPSA) is 73.3 Å². The van der Waals surface area contributed by atoms with Gasteiger partial charge in [0.15, 0.2) is 0 Å². The van der Waals surface area contributed by atoms with Gasteiger partial charge in [0.2, 0.25) is 5.91 Å². The number of amides is 1. The summed E-state index contributed by atoms with van der Waals surface area (Å²) in [7, 11) is 0. The highest BCUT2D eigenvalue weighted by Gasteiger charge is 2.05. The van der Waals surface area contributed by atoms with E-state index in [0.29, 0.717) is 24.1 Å². The molecule has 1 N–H and O–H groups in total. The first-order valence-electron chi connectivity index (χ1n) is 8.66. The van der Waals surface area contributed by atoms with E-state index in [0.717, 1.165) is 17.1 Å². The van der Waals surface area contributed by atoms with Crippen LogP contribution in [0.5, 0.6) is 17.5 Å². The second-order valence-electron chi connectivity index (χ2n) is 6.02. The number of hydrogen-bond acceptors (Lipinski definition) is 5. The molecule has 2 aromatic carbocycles. The molecule has 6 heteroatoms. The minimum atomic E-state index is -0.114. The Morgan fingerprint density at radius 1 is 0.926 bits per heavy atom. The molecule has 0 spiro atoms. The van der Waals surface area contributed by atoms with E-state index < -0.39 is 0 Å². The Bertz CT molecular complexity index is 876. The second-order valence-corrected chi connectivity index (χ2v) is 6.02. The molecule has 3 rings (SSSR count). The van der Waals surface area contributed by atoms with E-state index in [9.17, 15) is 4.79 Å². The summed E-state index contributed by atoms with van der Waals surface area (Å²) in [5.41, 5.74) is 2.38.